The van der Waals surface area contributed by atoms with Gasteiger partial charge in [-0.2, -0.15) is 0 Å². The Hall–Kier alpha value is -1.99. The van der Waals surface area contributed by atoms with Crippen molar-refractivity contribution in [2.24, 2.45) is 11.3 Å². The van der Waals surface area contributed by atoms with E-state index in [1.165, 1.54) is 27.4 Å². The molecule has 1 heterocycles. The van der Waals surface area contributed by atoms with Crippen molar-refractivity contribution in [3.63, 3.8) is 0 Å². The molecule has 1 saturated heterocycles. The van der Waals surface area contributed by atoms with E-state index >= 15 is 0 Å². The quantitative estimate of drug-likeness (QED) is 0.757. The van der Waals surface area contributed by atoms with Gasteiger partial charge in [-0.25, -0.2) is 4.79 Å². The Morgan fingerprint density at radius 2 is 1.85 bits per heavy atom. The Morgan fingerprint density at radius 1 is 1.15 bits per heavy atom. The van der Waals surface area contributed by atoms with Crippen molar-refractivity contribution in [3.05, 3.63) is 17.7 Å². The summed E-state index contributed by atoms with van der Waals surface area (Å²) in [5.74, 6) is 0.227. The zero-order chi connectivity index (χ0) is 18.0. The maximum absolute atomic E-state index is 12.7. The van der Waals surface area contributed by atoms with Crippen molar-refractivity contribution in [3.8, 4) is 11.5 Å². The highest BCUT2D eigenvalue weighted by Gasteiger charge is 2.57. The number of methoxy groups -OCH3 is 3. The SMILES string of the molecule is COC(=O)c1cc(NC(=O)C2CC23CCNCC3)c(OC)c(OC)c1.Cl. The van der Waals surface area contributed by atoms with Crippen LogP contribution in [-0.2, 0) is 9.53 Å². The fraction of sp³-hybridized carbons (Fsp3) is 0.556. The van der Waals surface area contributed by atoms with Crippen LogP contribution in [0.4, 0.5) is 5.69 Å². The number of esters is 1. The highest BCUT2D eigenvalue weighted by atomic mass is 35.5. The van der Waals surface area contributed by atoms with Crippen LogP contribution >= 0.6 is 12.4 Å². The van der Waals surface area contributed by atoms with Crippen molar-refractivity contribution in [2.45, 2.75) is 19.3 Å². The fourth-order valence-corrected chi connectivity index (χ4v) is 3.71. The number of ether oxygens (including phenoxy) is 3. The van der Waals surface area contributed by atoms with E-state index < -0.39 is 5.97 Å². The summed E-state index contributed by atoms with van der Waals surface area (Å²) in [4.78, 5) is 24.6. The van der Waals surface area contributed by atoms with Gasteiger partial charge in [0.25, 0.3) is 0 Å². The van der Waals surface area contributed by atoms with Crippen LogP contribution < -0.4 is 20.1 Å². The molecule has 1 spiro atoms. The van der Waals surface area contributed by atoms with Gasteiger partial charge in [-0.1, -0.05) is 0 Å². The van der Waals surface area contributed by atoms with Crippen LogP contribution in [0.15, 0.2) is 12.1 Å². The molecular weight excluding hydrogens is 360 g/mol. The number of hydrogen-bond acceptors (Lipinski definition) is 6. The maximum atomic E-state index is 12.7. The number of benzene rings is 1. The Balaban J connectivity index is 0.00000243. The molecule has 1 aromatic rings. The maximum Gasteiger partial charge on any atom is 0.338 e. The number of halogens is 1. The Bertz CT molecular complexity index is 688. The van der Waals surface area contributed by atoms with E-state index in [1.807, 2.05) is 0 Å². The van der Waals surface area contributed by atoms with Crippen molar-refractivity contribution in [1.29, 1.82) is 0 Å². The van der Waals surface area contributed by atoms with E-state index in [1.54, 1.807) is 6.07 Å². The summed E-state index contributed by atoms with van der Waals surface area (Å²) in [6.45, 7) is 1.91. The monoisotopic (exact) mass is 384 g/mol. The van der Waals surface area contributed by atoms with Gasteiger partial charge >= 0.3 is 5.97 Å². The summed E-state index contributed by atoms with van der Waals surface area (Å²) in [5.41, 5.74) is 0.846. The number of carbonyl (C=O) groups excluding carboxylic acids is 2. The number of anilines is 1. The largest absolute Gasteiger partial charge is 0.493 e. The zero-order valence-corrected chi connectivity index (χ0v) is 16.0. The second-order valence-corrected chi connectivity index (χ2v) is 6.61. The van der Waals surface area contributed by atoms with Crippen LogP contribution in [0, 0.1) is 11.3 Å². The molecule has 8 heteroatoms. The molecule has 1 amide bonds. The predicted octanol–water partition coefficient (Wildman–Crippen LogP) is 2.24. The second-order valence-electron chi connectivity index (χ2n) is 6.61. The standard InChI is InChI=1S/C18H24N2O5.ClH/c1-23-14-9-11(17(22)25-3)8-13(15(14)24-2)20-16(21)12-10-18(12)4-6-19-7-5-18;/h8-9,12,19H,4-7,10H2,1-3H3,(H,20,21);1H. The second kappa shape index (κ2) is 8.14. The number of amides is 1. The molecule has 2 fully saturated rings. The Kier molecular flexibility index (Phi) is 6.36. The molecule has 2 aliphatic rings. The molecule has 0 aromatic heterocycles. The number of rotatable bonds is 5. The Labute approximate surface area is 159 Å². The van der Waals surface area contributed by atoms with Crippen LogP contribution in [0.25, 0.3) is 0 Å². The molecule has 1 aliphatic heterocycles. The van der Waals surface area contributed by atoms with Gasteiger partial charge in [0.2, 0.25) is 5.91 Å². The van der Waals surface area contributed by atoms with Gasteiger partial charge in [0.1, 0.15) is 0 Å². The third-order valence-corrected chi connectivity index (χ3v) is 5.26. The van der Waals surface area contributed by atoms with Gasteiger partial charge in [-0.3, -0.25) is 4.79 Å². The first-order chi connectivity index (χ1) is 12.0. The molecule has 3 rings (SSSR count). The van der Waals surface area contributed by atoms with E-state index in [0.29, 0.717) is 22.7 Å². The molecule has 0 radical (unpaired) electrons. The van der Waals surface area contributed by atoms with E-state index in [4.69, 9.17) is 14.2 Å². The van der Waals surface area contributed by atoms with E-state index in [9.17, 15) is 9.59 Å². The van der Waals surface area contributed by atoms with Gasteiger partial charge in [0.15, 0.2) is 11.5 Å². The first kappa shape index (κ1) is 20.3. The summed E-state index contributed by atoms with van der Waals surface area (Å²) in [5, 5.41) is 6.25. The minimum absolute atomic E-state index is 0. The lowest BCUT2D eigenvalue weighted by Gasteiger charge is -2.23. The van der Waals surface area contributed by atoms with E-state index in [0.717, 1.165) is 32.4 Å². The average Bonchev–Trinajstić information content (AvgIpc) is 3.33. The van der Waals surface area contributed by atoms with Crippen molar-refractivity contribution in [2.75, 3.05) is 39.7 Å². The molecular formula is C18H25ClN2O5. The third-order valence-electron chi connectivity index (χ3n) is 5.26. The number of carbonyl (C=O) groups is 2. The van der Waals surface area contributed by atoms with E-state index in [2.05, 4.69) is 10.6 Å². The highest BCUT2D eigenvalue weighted by Crippen LogP contribution is 2.59. The van der Waals surface area contributed by atoms with Crippen LogP contribution in [-0.4, -0.2) is 46.3 Å². The number of hydrogen-bond donors (Lipinski definition) is 2. The van der Waals surface area contributed by atoms with Crippen LogP contribution in [0.3, 0.4) is 0 Å². The molecule has 26 heavy (non-hydrogen) atoms. The summed E-state index contributed by atoms with van der Waals surface area (Å²) >= 11 is 0. The van der Waals surface area contributed by atoms with Crippen molar-refractivity contribution < 1.29 is 23.8 Å². The van der Waals surface area contributed by atoms with Gasteiger partial charge in [-0.15, -0.1) is 12.4 Å². The normalized spacial score (nSPS) is 19.9. The molecule has 1 aromatic carbocycles. The minimum atomic E-state index is -0.502. The first-order valence-corrected chi connectivity index (χ1v) is 8.40. The summed E-state index contributed by atoms with van der Waals surface area (Å²) < 4.78 is 15.4. The van der Waals surface area contributed by atoms with Crippen LogP contribution in [0.5, 0.6) is 11.5 Å². The number of piperidine rings is 1. The topological polar surface area (TPSA) is 85.9 Å². The molecule has 144 valence electrons. The lowest BCUT2D eigenvalue weighted by molar-refractivity contribution is -0.118. The smallest absolute Gasteiger partial charge is 0.338 e. The molecule has 1 atom stereocenters. The predicted molar refractivity (Wildman–Crippen MR) is 99.4 cm³/mol. The average molecular weight is 385 g/mol. The van der Waals surface area contributed by atoms with Crippen molar-refractivity contribution >= 4 is 30.0 Å². The molecule has 0 bridgehead atoms. The van der Waals surface area contributed by atoms with Gasteiger partial charge in [-0.05, 0) is 49.9 Å². The molecule has 7 nitrogen and oxygen atoms in total. The van der Waals surface area contributed by atoms with E-state index in [-0.39, 0.29) is 29.6 Å². The van der Waals surface area contributed by atoms with Crippen LogP contribution in [0.2, 0.25) is 0 Å². The summed E-state index contributed by atoms with van der Waals surface area (Å²) in [6, 6.07) is 3.09. The van der Waals surface area contributed by atoms with Crippen molar-refractivity contribution in [1.82, 2.24) is 5.32 Å². The summed E-state index contributed by atoms with van der Waals surface area (Å²) in [6.07, 6.45) is 2.96. The summed E-state index contributed by atoms with van der Waals surface area (Å²) in [7, 11) is 4.29. The lowest BCUT2D eigenvalue weighted by Crippen LogP contribution is -2.31. The number of nitrogens with one attached hydrogen (secondary N) is 2. The first-order valence-electron chi connectivity index (χ1n) is 8.40. The fourth-order valence-electron chi connectivity index (χ4n) is 3.71. The highest BCUT2D eigenvalue weighted by molar-refractivity contribution is 5.99. The van der Waals surface area contributed by atoms with Gasteiger partial charge < -0.3 is 24.8 Å². The lowest BCUT2D eigenvalue weighted by atomic mass is 9.92. The molecule has 1 saturated carbocycles. The minimum Gasteiger partial charge on any atom is -0.493 e. The third kappa shape index (κ3) is 3.73. The molecule has 2 N–H and O–H groups in total. The zero-order valence-electron chi connectivity index (χ0n) is 15.2. The van der Waals surface area contributed by atoms with Crippen LogP contribution in [0.1, 0.15) is 29.6 Å². The molecule has 1 unspecified atom stereocenters. The van der Waals surface area contributed by atoms with Gasteiger partial charge in [0, 0.05) is 5.92 Å². The Morgan fingerprint density at radius 3 is 2.42 bits per heavy atom. The molecule has 1 aliphatic carbocycles. The van der Waals surface area contributed by atoms with Gasteiger partial charge in [0.05, 0.1) is 32.6 Å².